The molecule has 0 aromatic heterocycles. The van der Waals surface area contributed by atoms with Gasteiger partial charge in [0.25, 0.3) is 11.7 Å². The van der Waals surface area contributed by atoms with Gasteiger partial charge in [0.1, 0.15) is 5.76 Å². The van der Waals surface area contributed by atoms with E-state index < -0.39 is 17.7 Å². The van der Waals surface area contributed by atoms with Crippen molar-refractivity contribution in [1.82, 2.24) is 4.90 Å². The number of aliphatic hydroxyl groups is 2. The van der Waals surface area contributed by atoms with Crippen LogP contribution < -0.4 is 0 Å². The highest BCUT2D eigenvalue weighted by atomic mass is 35.5. The van der Waals surface area contributed by atoms with Crippen LogP contribution in [0.2, 0.25) is 5.02 Å². The molecule has 2 aromatic carbocycles. The fraction of sp³-hybridized carbons (Fsp3) is 0.200. The average molecular weight is 372 g/mol. The third-order valence-electron chi connectivity index (χ3n) is 4.33. The lowest BCUT2D eigenvalue weighted by molar-refractivity contribution is -0.140. The standard InChI is InChI=1S/C20H18ClNO4/c21-15-9-7-13(8-10-15)17-16(18(24)14-5-2-1-3-6-14)19(25)20(26)22(17)11-4-12-23/h1-3,5-10,17,23-24H,4,11-12H2. The van der Waals surface area contributed by atoms with Gasteiger partial charge in [0.05, 0.1) is 11.6 Å². The number of hydrogen-bond acceptors (Lipinski definition) is 4. The van der Waals surface area contributed by atoms with Crippen molar-refractivity contribution in [2.24, 2.45) is 0 Å². The quantitative estimate of drug-likeness (QED) is 0.481. The van der Waals surface area contributed by atoms with Crippen LogP contribution in [-0.4, -0.2) is 40.0 Å². The van der Waals surface area contributed by atoms with Gasteiger partial charge in [-0.1, -0.05) is 54.1 Å². The molecule has 0 saturated carbocycles. The van der Waals surface area contributed by atoms with Gasteiger partial charge >= 0.3 is 0 Å². The van der Waals surface area contributed by atoms with Crippen molar-refractivity contribution >= 4 is 29.1 Å². The molecule has 1 unspecified atom stereocenters. The zero-order chi connectivity index (χ0) is 18.7. The number of carbonyl (C=O) groups is 2. The Balaban J connectivity index is 2.15. The molecule has 0 aliphatic carbocycles. The molecule has 0 spiro atoms. The number of carbonyl (C=O) groups excluding carboxylic acids is 2. The molecular weight excluding hydrogens is 354 g/mol. The summed E-state index contributed by atoms with van der Waals surface area (Å²) in [7, 11) is 0. The van der Waals surface area contributed by atoms with Crippen LogP contribution >= 0.6 is 11.6 Å². The van der Waals surface area contributed by atoms with Crippen molar-refractivity contribution in [3.05, 3.63) is 76.3 Å². The van der Waals surface area contributed by atoms with Gasteiger partial charge in [-0.15, -0.1) is 0 Å². The summed E-state index contributed by atoms with van der Waals surface area (Å²) in [4.78, 5) is 26.6. The molecule has 134 valence electrons. The Hall–Kier alpha value is -2.63. The van der Waals surface area contributed by atoms with Crippen LogP contribution in [-0.2, 0) is 9.59 Å². The number of benzene rings is 2. The van der Waals surface area contributed by atoms with Gasteiger partial charge in [0.15, 0.2) is 0 Å². The van der Waals surface area contributed by atoms with E-state index in [-0.39, 0.29) is 24.5 Å². The number of ketones is 1. The Morgan fingerprint density at radius 2 is 1.69 bits per heavy atom. The Labute approximate surface area is 156 Å². The summed E-state index contributed by atoms with van der Waals surface area (Å²) in [5.41, 5.74) is 1.18. The molecule has 26 heavy (non-hydrogen) atoms. The minimum atomic E-state index is -0.732. The molecule has 1 amide bonds. The Bertz CT molecular complexity index is 846. The second-order valence-electron chi connectivity index (χ2n) is 5.99. The van der Waals surface area contributed by atoms with Gasteiger partial charge in [-0.25, -0.2) is 0 Å². The zero-order valence-electron chi connectivity index (χ0n) is 13.9. The molecule has 0 bridgehead atoms. The van der Waals surface area contributed by atoms with E-state index in [9.17, 15) is 14.7 Å². The Morgan fingerprint density at radius 3 is 2.31 bits per heavy atom. The molecule has 0 radical (unpaired) electrons. The third-order valence-corrected chi connectivity index (χ3v) is 4.58. The van der Waals surface area contributed by atoms with Crippen molar-refractivity contribution < 1.29 is 19.8 Å². The monoisotopic (exact) mass is 371 g/mol. The maximum absolute atomic E-state index is 12.6. The van der Waals surface area contributed by atoms with E-state index in [4.69, 9.17) is 16.7 Å². The number of hydrogen-bond donors (Lipinski definition) is 2. The highest BCUT2D eigenvalue weighted by Crippen LogP contribution is 2.39. The largest absolute Gasteiger partial charge is 0.507 e. The minimum Gasteiger partial charge on any atom is -0.507 e. The third kappa shape index (κ3) is 3.36. The predicted molar refractivity (Wildman–Crippen MR) is 98.6 cm³/mol. The second kappa shape index (κ2) is 7.72. The summed E-state index contributed by atoms with van der Waals surface area (Å²) in [5.74, 6) is -1.63. The number of aliphatic hydroxyl groups excluding tert-OH is 2. The Kier molecular flexibility index (Phi) is 5.40. The highest BCUT2D eigenvalue weighted by Gasteiger charge is 2.45. The number of Topliss-reactive ketones (excluding diaryl/α,β-unsaturated/α-hetero) is 1. The molecule has 1 aliphatic heterocycles. The molecule has 1 saturated heterocycles. The minimum absolute atomic E-state index is 0.0430. The lowest BCUT2D eigenvalue weighted by Gasteiger charge is -2.25. The molecule has 6 heteroatoms. The van der Waals surface area contributed by atoms with Gasteiger partial charge in [0.2, 0.25) is 0 Å². The number of rotatable bonds is 5. The van der Waals surface area contributed by atoms with Crippen LogP contribution in [0, 0.1) is 0 Å². The molecule has 5 nitrogen and oxygen atoms in total. The second-order valence-corrected chi connectivity index (χ2v) is 6.42. The molecule has 3 rings (SSSR count). The molecule has 1 aliphatic rings. The van der Waals surface area contributed by atoms with E-state index in [1.807, 2.05) is 0 Å². The topological polar surface area (TPSA) is 77.8 Å². The lowest BCUT2D eigenvalue weighted by Crippen LogP contribution is -2.31. The van der Waals surface area contributed by atoms with Crippen LogP contribution in [0.4, 0.5) is 0 Å². The first-order valence-corrected chi connectivity index (χ1v) is 8.62. The summed E-state index contributed by atoms with van der Waals surface area (Å²) < 4.78 is 0. The summed E-state index contributed by atoms with van der Waals surface area (Å²) >= 11 is 5.95. The molecule has 2 N–H and O–H groups in total. The van der Waals surface area contributed by atoms with Crippen molar-refractivity contribution in [2.45, 2.75) is 12.5 Å². The molecule has 1 atom stereocenters. The first kappa shape index (κ1) is 18.2. The fourth-order valence-corrected chi connectivity index (χ4v) is 3.22. The van der Waals surface area contributed by atoms with Crippen molar-refractivity contribution in [3.8, 4) is 0 Å². The van der Waals surface area contributed by atoms with Gasteiger partial charge in [-0.05, 0) is 24.1 Å². The number of halogens is 1. The zero-order valence-corrected chi connectivity index (χ0v) is 14.7. The Morgan fingerprint density at radius 1 is 1.04 bits per heavy atom. The van der Waals surface area contributed by atoms with Crippen LogP contribution in [0.5, 0.6) is 0 Å². The van der Waals surface area contributed by atoms with Crippen LogP contribution in [0.3, 0.4) is 0 Å². The van der Waals surface area contributed by atoms with Crippen molar-refractivity contribution in [2.75, 3.05) is 13.2 Å². The van der Waals surface area contributed by atoms with Crippen LogP contribution in [0.15, 0.2) is 60.2 Å². The fourth-order valence-electron chi connectivity index (χ4n) is 3.09. The van der Waals surface area contributed by atoms with E-state index in [0.29, 0.717) is 22.6 Å². The molecule has 1 fully saturated rings. The highest BCUT2D eigenvalue weighted by molar-refractivity contribution is 6.46. The predicted octanol–water partition coefficient (Wildman–Crippen LogP) is 3.14. The molecule has 2 aromatic rings. The normalized spacial score (nSPS) is 19.2. The first-order chi connectivity index (χ1) is 12.5. The van der Waals surface area contributed by atoms with Crippen molar-refractivity contribution in [1.29, 1.82) is 0 Å². The first-order valence-electron chi connectivity index (χ1n) is 8.24. The van der Waals surface area contributed by atoms with Crippen molar-refractivity contribution in [3.63, 3.8) is 0 Å². The summed E-state index contributed by atoms with van der Waals surface area (Å²) in [6.07, 6.45) is 0.336. The average Bonchev–Trinajstić information content (AvgIpc) is 2.91. The maximum Gasteiger partial charge on any atom is 0.295 e. The van der Waals surface area contributed by atoms with Gasteiger partial charge in [-0.3, -0.25) is 9.59 Å². The van der Waals surface area contributed by atoms with E-state index >= 15 is 0 Å². The number of nitrogens with zero attached hydrogens (tertiary/aromatic N) is 1. The maximum atomic E-state index is 12.6. The van der Waals surface area contributed by atoms with E-state index in [1.165, 1.54) is 4.90 Å². The van der Waals surface area contributed by atoms with Gasteiger partial charge in [-0.2, -0.15) is 0 Å². The smallest absolute Gasteiger partial charge is 0.295 e. The summed E-state index contributed by atoms with van der Waals surface area (Å²) in [6.45, 7) is 0.106. The number of amides is 1. The molecule has 1 heterocycles. The summed E-state index contributed by atoms with van der Waals surface area (Å²) in [6, 6.07) is 14.7. The van der Waals surface area contributed by atoms with Crippen LogP contribution in [0.25, 0.3) is 5.76 Å². The van der Waals surface area contributed by atoms with E-state index in [1.54, 1.807) is 54.6 Å². The van der Waals surface area contributed by atoms with Gasteiger partial charge < -0.3 is 15.1 Å². The van der Waals surface area contributed by atoms with Crippen LogP contribution in [0.1, 0.15) is 23.6 Å². The molecular formula is C20H18ClNO4. The lowest BCUT2D eigenvalue weighted by atomic mass is 9.95. The summed E-state index contributed by atoms with van der Waals surface area (Å²) in [5, 5.41) is 20.4. The SMILES string of the molecule is O=C1C(=O)N(CCCO)C(c2ccc(Cl)cc2)C1=C(O)c1ccccc1. The van der Waals surface area contributed by atoms with E-state index in [2.05, 4.69) is 0 Å². The van der Waals surface area contributed by atoms with E-state index in [0.717, 1.165) is 0 Å². The number of likely N-dealkylation sites (tertiary alicyclic amines) is 1. The van der Waals surface area contributed by atoms with Gasteiger partial charge in [0, 0.05) is 23.7 Å².